The molecule has 178 valence electrons. The third-order valence-electron chi connectivity index (χ3n) is 5.81. The standard InChI is InChI=1S/C22H22F2N6O3S/c1-3-34(31,32)15-6-16(20(24)19(23)7-15)17-9-26-30-11-18(13-8-25-29(2)10-13)21(28-22(17)30)27-14-4-5-33-12-14/h6-11,14H,3-5,12H2,1-2H3,(H,27,28). The Hall–Kier alpha value is -3.38. The van der Waals surface area contributed by atoms with Crippen LogP contribution in [0.3, 0.4) is 0 Å². The second-order valence-corrected chi connectivity index (χ2v) is 10.4. The maximum atomic E-state index is 14.9. The summed E-state index contributed by atoms with van der Waals surface area (Å²) in [6, 6.07) is 1.86. The van der Waals surface area contributed by atoms with Crippen LogP contribution in [0.1, 0.15) is 13.3 Å². The molecule has 12 heteroatoms. The van der Waals surface area contributed by atoms with Crippen molar-refractivity contribution in [3.8, 4) is 22.3 Å². The number of aromatic nitrogens is 5. The number of anilines is 1. The predicted molar refractivity (Wildman–Crippen MR) is 121 cm³/mol. The van der Waals surface area contributed by atoms with Crippen molar-refractivity contribution in [2.75, 3.05) is 24.3 Å². The quantitative estimate of drug-likeness (QED) is 0.416. The van der Waals surface area contributed by atoms with Gasteiger partial charge >= 0.3 is 0 Å². The van der Waals surface area contributed by atoms with E-state index >= 15 is 0 Å². The van der Waals surface area contributed by atoms with E-state index in [0.717, 1.165) is 23.6 Å². The number of aryl methyl sites for hydroxylation is 1. The molecule has 9 nitrogen and oxygen atoms in total. The van der Waals surface area contributed by atoms with Crippen LogP contribution in [0, 0.1) is 11.6 Å². The fourth-order valence-electron chi connectivity index (χ4n) is 3.93. The molecule has 34 heavy (non-hydrogen) atoms. The fourth-order valence-corrected chi connectivity index (χ4v) is 4.84. The Morgan fingerprint density at radius 1 is 1.15 bits per heavy atom. The van der Waals surface area contributed by atoms with Crippen LogP contribution < -0.4 is 5.32 Å². The monoisotopic (exact) mass is 488 g/mol. The molecule has 0 bridgehead atoms. The van der Waals surface area contributed by atoms with E-state index in [2.05, 4.69) is 15.5 Å². The minimum Gasteiger partial charge on any atom is -0.379 e. The fraction of sp³-hybridized carbons (Fsp3) is 0.318. The lowest BCUT2D eigenvalue weighted by Crippen LogP contribution is -2.20. The smallest absolute Gasteiger partial charge is 0.178 e. The number of hydrogen-bond donors (Lipinski definition) is 1. The summed E-state index contributed by atoms with van der Waals surface area (Å²) in [5.74, 6) is -2.15. The molecule has 4 heterocycles. The normalized spacial score (nSPS) is 16.4. The highest BCUT2D eigenvalue weighted by Crippen LogP contribution is 2.34. The lowest BCUT2D eigenvalue weighted by molar-refractivity contribution is 0.195. The van der Waals surface area contributed by atoms with E-state index in [1.807, 2.05) is 6.20 Å². The summed E-state index contributed by atoms with van der Waals surface area (Å²) in [6.45, 7) is 2.59. The van der Waals surface area contributed by atoms with Crippen molar-refractivity contribution >= 4 is 21.3 Å². The lowest BCUT2D eigenvalue weighted by atomic mass is 10.1. The Labute approximate surface area is 194 Å². The van der Waals surface area contributed by atoms with Crippen LogP contribution in [0.15, 0.2) is 41.8 Å². The van der Waals surface area contributed by atoms with Crippen LogP contribution >= 0.6 is 0 Å². The van der Waals surface area contributed by atoms with Crippen molar-refractivity contribution in [3.05, 3.63) is 48.6 Å². The summed E-state index contributed by atoms with van der Waals surface area (Å²) < 4.78 is 62.5. The molecule has 1 atom stereocenters. The van der Waals surface area contributed by atoms with Gasteiger partial charge in [0.1, 0.15) is 5.82 Å². The summed E-state index contributed by atoms with van der Waals surface area (Å²) >= 11 is 0. The first-order valence-corrected chi connectivity index (χ1v) is 12.4. The zero-order chi connectivity index (χ0) is 24.0. The zero-order valence-electron chi connectivity index (χ0n) is 18.5. The summed E-state index contributed by atoms with van der Waals surface area (Å²) in [5.41, 5.74) is 1.71. The second-order valence-electron chi connectivity index (χ2n) is 8.11. The second kappa shape index (κ2) is 8.44. The molecule has 1 fully saturated rings. The van der Waals surface area contributed by atoms with Crippen LogP contribution in [-0.4, -0.2) is 57.8 Å². The molecule has 1 unspecified atom stereocenters. The van der Waals surface area contributed by atoms with Gasteiger partial charge in [0.05, 0.1) is 35.7 Å². The Morgan fingerprint density at radius 2 is 1.97 bits per heavy atom. The van der Waals surface area contributed by atoms with E-state index in [9.17, 15) is 17.2 Å². The molecular formula is C22H22F2N6O3S. The number of benzene rings is 1. The topological polar surface area (TPSA) is 103 Å². The first kappa shape index (κ1) is 22.4. The molecule has 0 amide bonds. The molecule has 1 aliphatic heterocycles. The third kappa shape index (κ3) is 3.92. The van der Waals surface area contributed by atoms with E-state index < -0.39 is 21.5 Å². The summed E-state index contributed by atoms with van der Waals surface area (Å²) in [5, 5.41) is 11.9. The Balaban J connectivity index is 1.70. The van der Waals surface area contributed by atoms with Crippen molar-refractivity contribution in [3.63, 3.8) is 0 Å². The van der Waals surface area contributed by atoms with Gasteiger partial charge in [0.25, 0.3) is 0 Å². The minimum atomic E-state index is -3.76. The molecule has 0 aliphatic carbocycles. The largest absolute Gasteiger partial charge is 0.379 e. The molecule has 0 radical (unpaired) electrons. The number of ether oxygens (including phenoxy) is 1. The van der Waals surface area contributed by atoms with Gasteiger partial charge in [-0.05, 0) is 18.6 Å². The molecule has 3 aromatic heterocycles. The Kier molecular flexibility index (Phi) is 5.56. The Bertz CT molecular complexity index is 1490. The number of nitrogens with one attached hydrogen (secondary N) is 1. The van der Waals surface area contributed by atoms with E-state index in [1.54, 1.807) is 24.1 Å². The molecule has 1 aliphatic rings. The highest BCUT2D eigenvalue weighted by atomic mass is 32.2. The van der Waals surface area contributed by atoms with Crippen molar-refractivity contribution < 1.29 is 21.9 Å². The van der Waals surface area contributed by atoms with Crippen molar-refractivity contribution in [2.45, 2.75) is 24.3 Å². The first-order valence-electron chi connectivity index (χ1n) is 10.7. The third-order valence-corrected chi connectivity index (χ3v) is 7.52. The number of fused-ring (bicyclic) bond motifs is 1. The first-order chi connectivity index (χ1) is 16.3. The average molecular weight is 489 g/mol. The van der Waals surface area contributed by atoms with Crippen LogP contribution in [0.4, 0.5) is 14.6 Å². The van der Waals surface area contributed by atoms with Gasteiger partial charge in [-0.2, -0.15) is 10.2 Å². The summed E-state index contributed by atoms with van der Waals surface area (Å²) in [6.07, 6.45) is 7.39. The Morgan fingerprint density at radius 3 is 2.65 bits per heavy atom. The maximum Gasteiger partial charge on any atom is 0.178 e. The maximum absolute atomic E-state index is 14.9. The average Bonchev–Trinajstić information content (AvgIpc) is 3.56. The van der Waals surface area contributed by atoms with Gasteiger partial charge in [0, 0.05) is 48.3 Å². The minimum absolute atomic E-state index is 0.0314. The van der Waals surface area contributed by atoms with Crippen LogP contribution in [0.5, 0.6) is 0 Å². The van der Waals surface area contributed by atoms with Gasteiger partial charge in [-0.1, -0.05) is 6.92 Å². The van der Waals surface area contributed by atoms with Gasteiger partial charge in [-0.3, -0.25) is 4.68 Å². The van der Waals surface area contributed by atoms with Gasteiger partial charge in [-0.25, -0.2) is 26.7 Å². The molecule has 1 N–H and O–H groups in total. The van der Waals surface area contributed by atoms with Crippen molar-refractivity contribution in [2.24, 2.45) is 7.05 Å². The summed E-state index contributed by atoms with van der Waals surface area (Å²) in [7, 11) is -1.96. The molecule has 0 saturated carbocycles. The highest BCUT2D eigenvalue weighted by molar-refractivity contribution is 7.91. The summed E-state index contributed by atoms with van der Waals surface area (Å²) in [4.78, 5) is 4.41. The number of hydrogen-bond acceptors (Lipinski definition) is 7. The number of rotatable bonds is 6. The highest BCUT2D eigenvalue weighted by Gasteiger charge is 2.24. The molecule has 0 spiro atoms. The van der Waals surface area contributed by atoms with E-state index in [-0.39, 0.29) is 33.5 Å². The molecule has 1 saturated heterocycles. The van der Waals surface area contributed by atoms with Crippen molar-refractivity contribution in [1.29, 1.82) is 0 Å². The SMILES string of the molecule is CCS(=O)(=O)c1cc(F)c(F)c(-c2cnn3cc(-c4cnn(C)c4)c(NC4CCOC4)nc23)c1. The molecule has 1 aromatic carbocycles. The van der Waals surface area contributed by atoms with E-state index in [1.165, 1.54) is 17.6 Å². The lowest BCUT2D eigenvalue weighted by Gasteiger charge is -2.15. The van der Waals surface area contributed by atoms with Crippen LogP contribution in [0.25, 0.3) is 27.9 Å². The van der Waals surface area contributed by atoms with Gasteiger partial charge in [-0.15, -0.1) is 0 Å². The molecule has 4 aromatic rings. The molecular weight excluding hydrogens is 466 g/mol. The van der Waals surface area contributed by atoms with Gasteiger partial charge < -0.3 is 10.1 Å². The number of nitrogens with zero attached hydrogens (tertiary/aromatic N) is 5. The van der Waals surface area contributed by atoms with Gasteiger partial charge in [0.15, 0.2) is 27.1 Å². The van der Waals surface area contributed by atoms with E-state index in [4.69, 9.17) is 9.72 Å². The van der Waals surface area contributed by atoms with Crippen LogP contribution in [0.2, 0.25) is 0 Å². The predicted octanol–water partition coefficient (Wildman–Crippen LogP) is 3.07. The number of halogens is 2. The number of sulfone groups is 1. The molecule has 5 rings (SSSR count). The van der Waals surface area contributed by atoms with Crippen molar-refractivity contribution in [1.82, 2.24) is 24.4 Å². The zero-order valence-corrected chi connectivity index (χ0v) is 19.3. The van der Waals surface area contributed by atoms with E-state index in [0.29, 0.717) is 25.1 Å². The van der Waals surface area contributed by atoms with Crippen LogP contribution in [-0.2, 0) is 21.6 Å². The van der Waals surface area contributed by atoms with Gasteiger partial charge in [0.2, 0.25) is 0 Å².